The first-order valence-electron chi connectivity index (χ1n) is 31.4. The average molecular weight is 1170 g/mol. The van der Waals surface area contributed by atoms with Gasteiger partial charge in [-0.05, 0) is 162 Å². The minimum atomic E-state index is -0.588. The molecular formula is C87H72N4. The van der Waals surface area contributed by atoms with E-state index < -0.39 is 10.8 Å². The Morgan fingerprint density at radius 1 is 0.209 bits per heavy atom. The molecular weight excluding hydrogens is 1100 g/mol. The van der Waals surface area contributed by atoms with Crippen LogP contribution in [0.15, 0.2) is 328 Å². The zero-order chi connectivity index (χ0) is 62.5. The standard InChI is InChI=1S/C87H72N4/c1-86(2,3)81-80(61-88)83(89(74-49-37-68(38-50-74)62-25-13-7-14-26-62)75-51-39-69(40-52-75)63-27-15-8-16-28-63)85(91(78-57-45-72(46-58-78)66-33-21-11-22-34-66)79-59-47-73(48-60-79)67-35-23-12-24-36-67)84(82(81)87(4,5)6)90(76-53-41-70(42-54-76)64-29-17-9-18-30-64)77-55-43-71(44-56-77)65-31-19-10-20-32-65/h7-60H,1-6H3. The molecule has 0 heterocycles. The number of benzene rings is 13. The summed E-state index contributed by atoms with van der Waals surface area (Å²) in [4.78, 5) is 7.28. The highest BCUT2D eigenvalue weighted by Gasteiger charge is 2.42. The number of anilines is 9. The molecule has 0 unspecified atom stereocenters. The Morgan fingerprint density at radius 2 is 0.385 bits per heavy atom. The van der Waals surface area contributed by atoms with Crippen LogP contribution in [0.25, 0.3) is 66.8 Å². The summed E-state index contributed by atoms with van der Waals surface area (Å²) in [5, 5.41) is 12.8. The van der Waals surface area contributed by atoms with Crippen molar-refractivity contribution in [2.45, 2.75) is 52.4 Å². The summed E-state index contributed by atoms with van der Waals surface area (Å²) in [6.45, 7) is 13.8. The molecule has 0 spiro atoms. The third-order valence-corrected chi connectivity index (χ3v) is 17.1. The van der Waals surface area contributed by atoms with Crippen LogP contribution in [0.2, 0.25) is 0 Å². The van der Waals surface area contributed by atoms with Crippen molar-refractivity contribution in [3.63, 3.8) is 0 Å². The third-order valence-electron chi connectivity index (χ3n) is 17.1. The van der Waals surface area contributed by atoms with Crippen molar-refractivity contribution >= 4 is 51.2 Å². The van der Waals surface area contributed by atoms with E-state index in [4.69, 9.17) is 0 Å². The van der Waals surface area contributed by atoms with Gasteiger partial charge in [-0.3, -0.25) is 0 Å². The molecule has 0 fully saturated rings. The summed E-state index contributed by atoms with van der Waals surface area (Å²) >= 11 is 0. The fourth-order valence-electron chi connectivity index (χ4n) is 12.8. The lowest BCUT2D eigenvalue weighted by Crippen LogP contribution is -2.31. The van der Waals surface area contributed by atoms with Gasteiger partial charge in [0.15, 0.2) is 0 Å². The number of nitriles is 1. The zero-order valence-corrected chi connectivity index (χ0v) is 52.5. The Kier molecular flexibility index (Phi) is 16.4. The van der Waals surface area contributed by atoms with E-state index >= 15 is 0 Å². The van der Waals surface area contributed by atoms with Crippen LogP contribution in [0.3, 0.4) is 0 Å². The lowest BCUT2D eigenvalue weighted by atomic mass is 9.71. The van der Waals surface area contributed by atoms with E-state index in [1.54, 1.807) is 0 Å². The van der Waals surface area contributed by atoms with Gasteiger partial charge >= 0.3 is 0 Å². The number of hydrogen-bond donors (Lipinski definition) is 0. The topological polar surface area (TPSA) is 33.5 Å². The maximum atomic E-state index is 12.8. The minimum absolute atomic E-state index is 0.581. The monoisotopic (exact) mass is 1170 g/mol. The highest BCUT2D eigenvalue weighted by atomic mass is 15.3. The molecule has 0 aliphatic rings. The molecule has 13 aromatic rings. The Balaban J connectivity index is 1.21. The van der Waals surface area contributed by atoms with E-state index in [9.17, 15) is 5.26 Å². The molecule has 0 bridgehead atoms. The molecule has 13 rings (SSSR count). The smallest absolute Gasteiger partial charge is 0.102 e. The first kappa shape index (κ1) is 58.8. The Labute approximate surface area is 537 Å². The second kappa shape index (κ2) is 25.5. The molecule has 0 aliphatic heterocycles. The van der Waals surface area contributed by atoms with Gasteiger partial charge in [-0.15, -0.1) is 0 Å². The summed E-state index contributed by atoms with van der Waals surface area (Å²) in [6, 6.07) is 120. The minimum Gasteiger partial charge on any atom is -0.308 e. The fourth-order valence-corrected chi connectivity index (χ4v) is 12.8. The third kappa shape index (κ3) is 12.2. The van der Waals surface area contributed by atoms with Gasteiger partial charge in [-0.2, -0.15) is 5.26 Å². The van der Waals surface area contributed by atoms with Crippen LogP contribution in [0.4, 0.5) is 51.2 Å². The molecule has 4 nitrogen and oxygen atoms in total. The van der Waals surface area contributed by atoms with Crippen molar-refractivity contribution in [2.75, 3.05) is 14.7 Å². The van der Waals surface area contributed by atoms with Gasteiger partial charge < -0.3 is 14.7 Å². The Hall–Kier alpha value is -11.3. The summed E-state index contributed by atoms with van der Waals surface area (Å²) in [5.74, 6) is 0. The maximum Gasteiger partial charge on any atom is 0.102 e. The van der Waals surface area contributed by atoms with Gasteiger partial charge in [0, 0.05) is 34.1 Å². The highest BCUT2D eigenvalue weighted by Crippen LogP contribution is 2.61. The zero-order valence-electron chi connectivity index (χ0n) is 52.5. The van der Waals surface area contributed by atoms with E-state index in [1.165, 1.54) is 0 Å². The molecule has 0 saturated carbocycles. The Bertz CT molecular complexity index is 4360. The van der Waals surface area contributed by atoms with Crippen LogP contribution in [0.5, 0.6) is 0 Å². The van der Waals surface area contributed by atoms with Crippen LogP contribution in [0, 0.1) is 11.3 Å². The van der Waals surface area contributed by atoms with Crippen LogP contribution < -0.4 is 14.7 Å². The van der Waals surface area contributed by atoms with Gasteiger partial charge in [0.05, 0.1) is 22.6 Å². The van der Waals surface area contributed by atoms with Crippen LogP contribution in [-0.4, -0.2) is 0 Å². The molecule has 440 valence electrons. The molecule has 0 radical (unpaired) electrons. The van der Waals surface area contributed by atoms with Crippen LogP contribution >= 0.6 is 0 Å². The van der Waals surface area contributed by atoms with Crippen molar-refractivity contribution in [3.8, 4) is 72.8 Å². The van der Waals surface area contributed by atoms with Crippen molar-refractivity contribution in [2.24, 2.45) is 0 Å². The molecule has 13 aromatic carbocycles. The lowest BCUT2D eigenvalue weighted by molar-refractivity contribution is 0.530. The Morgan fingerprint density at radius 3 is 0.571 bits per heavy atom. The van der Waals surface area contributed by atoms with E-state index in [2.05, 4.69) is 390 Å². The summed E-state index contributed by atoms with van der Waals surface area (Å²) < 4.78 is 0. The normalized spacial score (nSPS) is 11.4. The van der Waals surface area contributed by atoms with Gasteiger partial charge in [0.2, 0.25) is 0 Å². The molecule has 0 N–H and O–H groups in total. The second-order valence-corrected chi connectivity index (χ2v) is 25.3. The predicted octanol–water partition coefficient (Wildman–Crippen LogP) is 24.6. The van der Waals surface area contributed by atoms with Crippen molar-refractivity contribution < 1.29 is 0 Å². The number of rotatable bonds is 15. The van der Waals surface area contributed by atoms with Gasteiger partial charge in [0.1, 0.15) is 6.07 Å². The number of nitrogens with zero attached hydrogens (tertiary/aromatic N) is 4. The predicted molar refractivity (Wildman–Crippen MR) is 385 cm³/mol. The molecule has 0 atom stereocenters. The second-order valence-electron chi connectivity index (χ2n) is 25.3. The maximum absolute atomic E-state index is 12.8. The van der Waals surface area contributed by atoms with Gasteiger partial charge in [0.25, 0.3) is 0 Å². The molecule has 0 aliphatic carbocycles. The molecule has 91 heavy (non-hydrogen) atoms. The highest BCUT2D eigenvalue weighted by molar-refractivity contribution is 6.06. The van der Waals surface area contributed by atoms with E-state index in [0.717, 1.165) is 129 Å². The van der Waals surface area contributed by atoms with E-state index in [-0.39, 0.29) is 0 Å². The van der Waals surface area contributed by atoms with E-state index in [1.807, 2.05) is 0 Å². The molecule has 4 heteroatoms. The molecule has 0 aromatic heterocycles. The molecule has 0 amide bonds. The molecule has 0 saturated heterocycles. The van der Waals surface area contributed by atoms with Crippen molar-refractivity contribution in [1.29, 1.82) is 5.26 Å². The van der Waals surface area contributed by atoms with Gasteiger partial charge in [-0.1, -0.05) is 296 Å². The van der Waals surface area contributed by atoms with E-state index in [0.29, 0.717) is 5.56 Å². The average Bonchev–Trinajstić information content (AvgIpc) is 0.706. The van der Waals surface area contributed by atoms with Crippen molar-refractivity contribution in [3.05, 3.63) is 344 Å². The largest absolute Gasteiger partial charge is 0.308 e. The lowest BCUT2D eigenvalue weighted by Gasteiger charge is -2.44. The first-order valence-corrected chi connectivity index (χ1v) is 31.4. The van der Waals surface area contributed by atoms with Crippen molar-refractivity contribution in [1.82, 2.24) is 0 Å². The summed E-state index contributed by atoms with van der Waals surface area (Å²) in [6.07, 6.45) is 0. The quantitative estimate of drug-likeness (QED) is 0.102. The number of hydrogen-bond acceptors (Lipinski definition) is 4. The van der Waals surface area contributed by atoms with Crippen LogP contribution in [-0.2, 0) is 10.8 Å². The summed E-state index contributed by atoms with van der Waals surface area (Å²) in [7, 11) is 0. The SMILES string of the molecule is CC(C)(C)c1c(C#N)c(N(c2ccc(-c3ccccc3)cc2)c2ccc(-c3ccccc3)cc2)c(N(c2ccc(-c3ccccc3)cc2)c2ccc(-c3ccccc3)cc2)c(N(c2ccc(-c3ccccc3)cc2)c2ccc(-c3ccccc3)cc2)c1C(C)(C)C. The fraction of sp³-hybridized carbons (Fsp3) is 0.0920. The van der Waals surface area contributed by atoms with Gasteiger partial charge in [-0.25, -0.2) is 0 Å². The first-order chi connectivity index (χ1) is 44.4. The van der Waals surface area contributed by atoms with Crippen LogP contribution in [0.1, 0.15) is 58.2 Å². The summed E-state index contributed by atoms with van der Waals surface area (Å²) in [5.41, 5.74) is 22.8.